The second kappa shape index (κ2) is 12.0. The number of β-amino-alcohol motifs (C(OH)–C–C–N with tert-alkyl or cyclic N) is 1. The van der Waals surface area contributed by atoms with Gasteiger partial charge in [-0.05, 0) is 68.8 Å². The van der Waals surface area contributed by atoms with Crippen LogP contribution in [0.15, 0.2) is 36.4 Å². The van der Waals surface area contributed by atoms with E-state index >= 15 is 8.78 Å². The Kier molecular flexibility index (Phi) is 8.15. The van der Waals surface area contributed by atoms with Gasteiger partial charge >= 0.3 is 6.01 Å². The Morgan fingerprint density at radius 2 is 1.91 bits per heavy atom. The monoisotopic (exact) mass is 656 g/mol. The third-order valence-corrected chi connectivity index (χ3v) is 9.87. The van der Waals surface area contributed by atoms with Crippen LogP contribution < -0.4 is 14.4 Å². The highest BCUT2D eigenvalue weighted by Gasteiger charge is 2.49. The van der Waals surface area contributed by atoms with E-state index < -0.39 is 28.9 Å². The van der Waals surface area contributed by atoms with E-state index in [-0.39, 0.29) is 53.8 Å². The zero-order chi connectivity index (χ0) is 32.2. The van der Waals surface area contributed by atoms with Crippen LogP contribution in [0.3, 0.4) is 0 Å². The van der Waals surface area contributed by atoms with Crippen LogP contribution in [0.2, 0.25) is 5.02 Å². The molecular weight excluding hydrogens is 621 g/mol. The first-order valence-corrected chi connectivity index (χ1v) is 16.0. The number of alkyl halides is 1. The smallest absolute Gasteiger partial charge is 0.319 e. The molecule has 0 bridgehead atoms. The number of nitrogens with zero attached hydrogens (tertiary/aromatic N) is 4. The molecule has 1 aromatic heterocycles. The van der Waals surface area contributed by atoms with Crippen LogP contribution in [-0.4, -0.2) is 84.0 Å². The topological polar surface area (TPSA) is 80.2 Å². The van der Waals surface area contributed by atoms with Crippen molar-refractivity contribution in [1.82, 2.24) is 14.9 Å². The Morgan fingerprint density at radius 3 is 2.72 bits per heavy atom. The molecule has 3 saturated heterocycles. The van der Waals surface area contributed by atoms with Crippen LogP contribution in [0.4, 0.5) is 19.0 Å². The number of ether oxygens (including phenoxy) is 3. The van der Waals surface area contributed by atoms with E-state index in [1.54, 1.807) is 31.2 Å². The van der Waals surface area contributed by atoms with Gasteiger partial charge in [-0.1, -0.05) is 23.7 Å². The van der Waals surface area contributed by atoms with E-state index in [0.29, 0.717) is 53.9 Å². The number of hydrogen-bond acceptors (Lipinski definition) is 8. The predicted molar refractivity (Wildman–Crippen MR) is 171 cm³/mol. The van der Waals surface area contributed by atoms with Crippen molar-refractivity contribution in [2.45, 2.75) is 56.3 Å². The predicted octanol–water partition coefficient (Wildman–Crippen LogP) is 6.67. The van der Waals surface area contributed by atoms with E-state index in [1.807, 2.05) is 4.90 Å². The van der Waals surface area contributed by atoms with Crippen LogP contribution in [0.5, 0.6) is 11.8 Å². The number of methoxy groups -OCH3 is 1. The lowest BCUT2D eigenvalue weighted by atomic mass is 9.94. The largest absolute Gasteiger partial charge is 0.468 e. The fourth-order valence-electron chi connectivity index (χ4n) is 7.52. The molecule has 8 nitrogen and oxygen atoms in total. The Labute approximate surface area is 270 Å². The van der Waals surface area contributed by atoms with Crippen molar-refractivity contribution in [3.63, 3.8) is 0 Å². The van der Waals surface area contributed by atoms with Crippen LogP contribution in [0, 0.1) is 11.6 Å². The van der Waals surface area contributed by atoms with Gasteiger partial charge in [-0.2, -0.15) is 9.97 Å². The quantitative estimate of drug-likeness (QED) is 0.211. The highest BCUT2D eigenvalue weighted by Crippen LogP contribution is 2.44. The van der Waals surface area contributed by atoms with Gasteiger partial charge in [0.25, 0.3) is 0 Å². The summed E-state index contributed by atoms with van der Waals surface area (Å²) in [5, 5.41) is 12.4. The standard InChI is InChI=1S/C34H36ClF3N4O4/c1-33(43)8-4-10-41(17-33)31-24-14-26(37)28(23-13-22(46-19-44-2)12-20-6-3-7-25(35)27(20)23)29(38)30(24)39-32(40-31)45-18-34-9-5-11-42(34)16-21(36)15-34/h3,6-7,12-14,21,43H,4-5,8-11,15-19H2,1-2H3/t21-,33-,34+/m1/s1. The Bertz CT molecular complexity index is 1810. The van der Waals surface area contributed by atoms with Crippen molar-refractivity contribution in [2.24, 2.45) is 0 Å². The summed E-state index contributed by atoms with van der Waals surface area (Å²) in [7, 11) is 1.48. The fourth-order valence-corrected chi connectivity index (χ4v) is 7.81. The minimum atomic E-state index is -1.02. The summed E-state index contributed by atoms with van der Waals surface area (Å²) in [6.45, 7) is 3.69. The molecular formula is C34H36ClF3N4O4. The molecule has 3 fully saturated rings. The molecule has 3 aliphatic rings. The van der Waals surface area contributed by atoms with Gasteiger partial charge in [0.15, 0.2) is 12.6 Å². The van der Waals surface area contributed by atoms with Crippen molar-refractivity contribution >= 4 is 39.1 Å². The van der Waals surface area contributed by atoms with E-state index in [9.17, 15) is 9.50 Å². The minimum absolute atomic E-state index is 0.0623. The van der Waals surface area contributed by atoms with E-state index in [1.165, 1.54) is 19.2 Å². The molecule has 0 unspecified atom stereocenters. The molecule has 7 rings (SSSR count). The molecule has 3 aromatic carbocycles. The first-order valence-electron chi connectivity index (χ1n) is 15.6. The normalized spacial score (nSPS) is 25.0. The number of anilines is 1. The SMILES string of the molecule is COCOc1cc(-c2c(F)cc3c(N4CCC[C@@](C)(O)C4)nc(OC[C@@]45CCCN4C[C@H](F)C5)nc3c2F)c2c(Cl)cccc2c1. The molecule has 4 heterocycles. The van der Waals surface area contributed by atoms with Gasteiger partial charge in [-0.3, -0.25) is 4.90 Å². The maximum atomic E-state index is 16.9. The summed E-state index contributed by atoms with van der Waals surface area (Å²) in [5.41, 5.74) is -1.77. The van der Waals surface area contributed by atoms with Crippen LogP contribution in [0.25, 0.3) is 32.8 Å². The molecule has 4 aromatic rings. The lowest BCUT2D eigenvalue weighted by Gasteiger charge is -2.38. The third-order valence-electron chi connectivity index (χ3n) is 9.56. The number of benzene rings is 3. The number of piperidine rings is 1. The van der Waals surface area contributed by atoms with Gasteiger partial charge in [-0.15, -0.1) is 0 Å². The molecule has 46 heavy (non-hydrogen) atoms. The number of fused-ring (bicyclic) bond motifs is 3. The van der Waals surface area contributed by atoms with Crippen LogP contribution in [0.1, 0.15) is 39.0 Å². The molecule has 244 valence electrons. The second-order valence-corrected chi connectivity index (χ2v) is 13.4. The number of rotatable bonds is 8. The molecule has 0 saturated carbocycles. The van der Waals surface area contributed by atoms with Gasteiger partial charge in [0, 0.05) is 54.5 Å². The van der Waals surface area contributed by atoms with Gasteiger partial charge in [-0.25, -0.2) is 13.2 Å². The van der Waals surface area contributed by atoms with E-state index in [4.69, 9.17) is 25.8 Å². The average Bonchev–Trinajstić information content (AvgIpc) is 3.54. The molecule has 0 radical (unpaired) electrons. The van der Waals surface area contributed by atoms with Crippen molar-refractivity contribution in [3.05, 3.63) is 53.1 Å². The van der Waals surface area contributed by atoms with Crippen molar-refractivity contribution < 1.29 is 32.5 Å². The van der Waals surface area contributed by atoms with Crippen molar-refractivity contribution in [3.8, 4) is 22.9 Å². The summed E-state index contributed by atoms with van der Waals surface area (Å²) in [5.74, 6) is -1.14. The van der Waals surface area contributed by atoms with E-state index in [0.717, 1.165) is 19.4 Å². The van der Waals surface area contributed by atoms with Crippen LogP contribution >= 0.6 is 11.6 Å². The Hall–Kier alpha value is -3.38. The van der Waals surface area contributed by atoms with E-state index in [2.05, 4.69) is 14.9 Å². The number of aliphatic hydroxyl groups is 1. The molecule has 1 N–H and O–H groups in total. The zero-order valence-electron chi connectivity index (χ0n) is 25.8. The molecule has 0 amide bonds. The molecule has 0 spiro atoms. The maximum Gasteiger partial charge on any atom is 0.319 e. The first kappa shape index (κ1) is 31.2. The summed E-state index contributed by atoms with van der Waals surface area (Å²) in [6, 6.07) is 9.59. The zero-order valence-corrected chi connectivity index (χ0v) is 26.5. The number of aromatic nitrogens is 2. The molecule has 3 atom stereocenters. The Balaban J connectivity index is 1.39. The highest BCUT2D eigenvalue weighted by atomic mass is 35.5. The maximum absolute atomic E-state index is 16.9. The second-order valence-electron chi connectivity index (χ2n) is 13.0. The van der Waals surface area contributed by atoms with Gasteiger partial charge < -0.3 is 24.2 Å². The molecule has 12 heteroatoms. The first-order chi connectivity index (χ1) is 22.1. The lowest BCUT2D eigenvalue weighted by Crippen LogP contribution is -2.46. The summed E-state index contributed by atoms with van der Waals surface area (Å²) >= 11 is 6.61. The number of halogens is 4. The number of hydrogen-bond donors (Lipinski definition) is 1. The summed E-state index contributed by atoms with van der Waals surface area (Å²) in [6.07, 6.45) is 2.36. The summed E-state index contributed by atoms with van der Waals surface area (Å²) < 4.78 is 64.6. The van der Waals surface area contributed by atoms with Gasteiger partial charge in [0.2, 0.25) is 0 Å². The minimum Gasteiger partial charge on any atom is -0.468 e. The van der Waals surface area contributed by atoms with Gasteiger partial charge in [0.1, 0.15) is 35.7 Å². The fraction of sp³-hybridized carbons (Fsp3) is 0.471. The van der Waals surface area contributed by atoms with Crippen LogP contribution in [-0.2, 0) is 4.74 Å². The highest BCUT2D eigenvalue weighted by molar-refractivity contribution is 6.36. The lowest BCUT2D eigenvalue weighted by molar-refractivity contribution is 0.0447. The summed E-state index contributed by atoms with van der Waals surface area (Å²) in [4.78, 5) is 13.1. The van der Waals surface area contributed by atoms with Crippen molar-refractivity contribution in [2.75, 3.05) is 51.6 Å². The molecule has 0 aliphatic carbocycles. The van der Waals surface area contributed by atoms with Gasteiger partial charge in [0.05, 0.1) is 16.7 Å². The van der Waals surface area contributed by atoms with Crippen molar-refractivity contribution in [1.29, 1.82) is 0 Å². The average molecular weight is 657 g/mol. The Morgan fingerprint density at radius 1 is 1.09 bits per heavy atom. The third kappa shape index (κ3) is 5.61. The molecule has 3 aliphatic heterocycles.